The first kappa shape index (κ1) is 14.4. The maximum atomic E-state index is 12.1. The summed E-state index contributed by atoms with van der Waals surface area (Å²) >= 11 is 0. The number of benzene rings is 1. The van der Waals surface area contributed by atoms with Gasteiger partial charge < -0.3 is 14.4 Å². The molecule has 1 aromatic carbocycles. The quantitative estimate of drug-likeness (QED) is 0.779. The zero-order valence-corrected chi connectivity index (χ0v) is 12.0. The van der Waals surface area contributed by atoms with Gasteiger partial charge in [0.2, 0.25) is 0 Å². The minimum Gasteiger partial charge on any atom is -0.444 e. The van der Waals surface area contributed by atoms with E-state index in [0.29, 0.717) is 25.3 Å². The number of rotatable bonds is 2. The zero-order chi connectivity index (χ0) is 14.8. The van der Waals surface area contributed by atoms with E-state index in [9.17, 15) is 9.59 Å². The van der Waals surface area contributed by atoms with E-state index in [-0.39, 0.29) is 6.09 Å². The average molecular weight is 277 g/mol. The Hall–Kier alpha value is -2.04. The van der Waals surface area contributed by atoms with Gasteiger partial charge in [0, 0.05) is 13.1 Å². The van der Waals surface area contributed by atoms with Crippen molar-refractivity contribution in [2.45, 2.75) is 39.3 Å². The van der Waals surface area contributed by atoms with Crippen LogP contribution in [-0.4, -0.2) is 29.6 Å². The van der Waals surface area contributed by atoms with Crippen molar-refractivity contribution in [1.82, 2.24) is 4.90 Å². The molecule has 0 aromatic heterocycles. The molecule has 0 atom stereocenters. The number of fused-ring (bicyclic) bond motifs is 1. The van der Waals surface area contributed by atoms with Gasteiger partial charge in [-0.25, -0.2) is 4.79 Å². The third-order valence-corrected chi connectivity index (χ3v) is 3.03. The first-order valence-electron chi connectivity index (χ1n) is 6.59. The van der Waals surface area contributed by atoms with Gasteiger partial charge >= 0.3 is 6.09 Å². The lowest BCUT2D eigenvalue weighted by atomic mass is 10.00. The summed E-state index contributed by atoms with van der Waals surface area (Å²) in [6, 6.07) is 5.48. The van der Waals surface area contributed by atoms with Crippen LogP contribution in [0.3, 0.4) is 0 Å². The van der Waals surface area contributed by atoms with E-state index in [2.05, 4.69) is 0 Å². The summed E-state index contributed by atoms with van der Waals surface area (Å²) in [7, 11) is 0. The van der Waals surface area contributed by atoms with Crippen molar-refractivity contribution >= 4 is 12.6 Å². The van der Waals surface area contributed by atoms with Crippen LogP contribution in [0.1, 0.15) is 31.9 Å². The Kier molecular flexibility index (Phi) is 3.97. The molecule has 1 heterocycles. The van der Waals surface area contributed by atoms with Crippen molar-refractivity contribution in [3.05, 3.63) is 29.3 Å². The maximum absolute atomic E-state index is 12.1. The highest BCUT2D eigenvalue weighted by molar-refractivity contribution is 5.68. The molecule has 0 fully saturated rings. The third kappa shape index (κ3) is 3.50. The summed E-state index contributed by atoms with van der Waals surface area (Å²) in [5.74, 6) is 0.491. The van der Waals surface area contributed by atoms with Gasteiger partial charge in [-0.1, -0.05) is 6.07 Å². The third-order valence-electron chi connectivity index (χ3n) is 3.03. The zero-order valence-electron chi connectivity index (χ0n) is 12.0. The molecule has 1 amide bonds. The standard InChI is InChI=1S/C15H19NO4/c1-15(2,3)20-14(18)16-7-6-11-4-5-13(19-10-17)8-12(11)9-16/h4-5,8,10H,6-7,9H2,1-3H3. The van der Waals surface area contributed by atoms with E-state index in [1.54, 1.807) is 17.0 Å². The largest absolute Gasteiger partial charge is 0.444 e. The topological polar surface area (TPSA) is 55.8 Å². The molecule has 5 heteroatoms. The molecule has 0 radical (unpaired) electrons. The molecule has 5 nitrogen and oxygen atoms in total. The maximum Gasteiger partial charge on any atom is 0.410 e. The second kappa shape index (κ2) is 5.53. The molecule has 0 saturated heterocycles. The fourth-order valence-electron chi connectivity index (χ4n) is 2.14. The molecule has 20 heavy (non-hydrogen) atoms. The summed E-state index contributed by atoms with van der Waals surface area (Å²) in [4.78, 5) is 24.1. The lowest BCUT2D eigenvalue weighted by molar-refractivity contribution is -0.120. The van der Waals surface area contributed by atoms with Gasteiger partial charge in [0.25, 0.3) is 6.47 Å². The SMILES string of the molecule is CC(C)(C)OC(=O)N1CCc2ccc(OC=O)cc2C1. The summed E-state index contributed by atoms with van der Waals surface area (Å²) in [5, 5.41) is 0. The highest BCUT2D eigenvalue weighted by Gasteiger charge is 2.25. The number of nitrogens with zero attached hydrogens (tertiary/aromatic N) is 1. The smallest absolute Gasteiger partial charge is 0.410 e. The Morgan fingerprint density at radius 1 is 1.30 bits per heavy atom. The molecule has 2 rings (SSSR count). The van der Waals surface area contributed by atoms with Crippen LogP contribution in [0.25, 0.3) is 0 Å². The summed E-state index contributed by atoms with van der Waals surface area (Å²) in [5.41, 5.74) is 1.66. The highest BCUT2D eigenvalue weighted by atomic mass is 16.6. The van der Waals surface area contributed by atoms with E-state index >= 15 is 0 Å². The van der Waals surface area contributed by atoms with Gasteiger partial charge in [-0.2, -0.15) is 0 Å². The van der Waals surface area contributed by atoms with E-state index in [4.69, 9.17) is 9.47 Å². The fourth-order valence-corrected chi connectivity index (χ4v) is 2.14. The van der Waals surface area contributed by atoms with Crippen molar-refractivity contribution in [2.75, 3.05) is 6.54 Å². The molecule has 0 bridgehead atoms. The van der Waals surface area contributed by atoms with Gasteiger partial charge in [0.1, 0.15) is 11.4 Å². The Morgan fingerprint density at radius 3 is 2.70 bits per heavy atom. The monoisotopic (exact) mass is 277 g/mol. The van der Waals surface area contributed by atoms with Crippen molar-refractivity contribution in [1.29, 1.82) is 0 Å². The molecular formula is C15H19NO4. The van der Waals surface area contributed by atoms with Crippen LogP contribution >= 0.6 is 0 Å². The van der Waals surface area contributed by atoms with Crippen molar-refractivity contribution < 1.29 is 19.1 Å². The van der Waals surface area contributed by atoms with Crippen molar-refractivity contribution in [3.8, 4) is 5.75 Å². The molecule has 0 aliphatic carbocycles. The summed E-state index contributed by atoms with van der Waals surface area (Å²) in [6.45, 7) is 7.04. The minimum absolute atomic E-state index is 0.315. The molecular weight excluding hydrogens is 258 g/mol. The lowest BCUT2D eigenvalue weighted by Gasteiger charge is -2.31. The van der Waals surface area contributed by atoms with Gasteiger partial charge in [-0.15, -0.1) is 0 Å². The highest BCUT2D eigenvalue weighted by Crippen LogP contribution is 2.24. The molecule has 108 valence electrons. The molecule has 0 saturated carbocycles. The summed E-state index contributed by atoms with van der Waals surface area (Å²) < 4.78 is 10.2. The van der Waals surface area contributed by atoms with Gasteiger partial charge in [0.05, 0.1) is 0 Å². The minimum atomic E-state index is -0.500. The van der Waals surface area contributed by atoms with E-state index in [0.717, 1.165) is 12.0 Å². The summed E-state index contributed by atoms with van der Waals surface area (Å²) in [6.07, 6.45) is 0.459. The van der Waals surface area contributed by atoms with Crippen LogP contribution in [0.4, 0.5) is 4.79 Å². The Balaban J connectivity index is 2.11. The number of hydrogen-bond donors (Lipinski definition) is 0. The van der Waals surface area contributed by atoms with E-state index in [1.807, 2.05) is 26.8 Å². The second-order valence-corrected chi connectivity index (χ2v) is 5.80. The fraction of sp³-hybridized carbons (Fsp3) is 0.467. The molecule has 1 aliphatic heterocycles. The number of hydrogen-bond acceptors (Lipinski definition) is 4. The van der Waals surface area contributed by atoms with Crippen LogP contribution in [0.15, 0.2) is 18.2 Å². The van der Waals surface area contributed by atoms with Gasteiger partial charge in [-0.3, -0.25) is 4.79 Å². The molecule has 0 unspecified atom stereocenters. The molecule has 1 aromatic rings. The van der Waals surface area contributed by atoms with E-state index in [1.165, 1.54) is 5.56 Å². The predicted molar refractivity (Wildman–Crippen MR) is 73.5 cm³/mol. The van der Waals surface area contributed by atoms with Crippen LogP contribution in [0, 0.1) is 0 Å². The normalized spacial score (nSPS) is 14.4. The van der Waals surface area contributed by atoms with Crippen LogP contribution in [0.5, 0.6) is 5.75 Å². The number of carbonyl (C=O) groups excluding carboxylic acids is 2. The molecule has 1 aliphatic rings. The van der Waals surface area contributed by atoms with Gasteiger partial charge in [0.15, 0.2) is 0 Å². The van der Waals surface area contributed by atoms with Crippen molar-refractivity contribution in [2.24, 2.45) is 0 Å². The first-order valence-corrected chi connectivity index (χ1v) is 6.59. The van der Waals surface area contributed by atoms with Crippen LogP contribution in [0.2, 0.25) is 0 Å². The van der Waals surface area contributed by atoms with Gasteiger partial charge in [-0.05, 0) is 50.5 Å². The Bertz CT molecular complexity index is 519. The van der Waals surface area contributed by atoms with Crippen molar-refractivity contribution in [3.63, 3.8) is 0 Å². The second-order valence-electron chi connectivity index (χ2n) is 5.80. The number of ether oxygens (including phenoxy) is 2. The van der Waals surface area contributed by atoms with Crippen LogP contribution < -0.4 is 4.74 Å². The van der Waals surface area contributed by atoms with E-state index < -0.39 is 5.60 Å². The Morgan fingerprint density at radius 2 is 2.05 bits per heavy atom. The average Bonchev–Trinajstić information content (AvgIpc) is 2.36. The molecule has 0 N–H and O–H groups in total. The predicted octanol–water partition coefficient (Wildman–Crippen LogP) is 2.52. The number of amides is 1. The first-order chi connectivity index (χ1) is 9.39. The Labute approximate surface area is 118 Å². The number of carbonyl (C=O) groups is 2. The molecule has 0 spiro atoms. The van der Waals surface area contributed by atoms with Crippen LogP contribution in [-0.2, 0) is 22.5 Å². The lowest BCUT2D eigenvalue weighted by Crippen LogP contribution is -2.39.